The number of piperazine rings is 1. The summed E-state index contributed by atoms with van der Waals surface area (Å²) in [6, 6.07) is 0. The predicted octanol–water partition coefficient (Wildman–Crippen LogP) is 0.107. The number of aromatic nitrogens is 2. The fraction of sp³-hybridized carbons (Fsp3) is 0.615. The van der Waals surface area contributed by atoms with Crippen molar-refractivity contribution in [1.29, 1.82) is 0 Å². The van der Waals surface area contributed by atoms with Gasteiger partial charge in [0.25, 0.3) is 5.91 Å². The first-order valence-corrected chi connectivity index (χ1v) is 6.81. The summed E-state index contributed by atoms with van der Waals surface area (Å²) in [6.07, 6.45) is 5.90. The Hall–Kier alpha value is -1.69. The maximum atomic E-state index is 11.1. The van der Waals surface area contributed by atoms with Gasteiger partial charge in [0.15, 0.2) is 0 Å². The number of hydrogen-bond donors (Lipinski definition) is 1. The molecule has 1 aliphatic heterocycles. The van der Waals surface area contributed by atoms with Crippen LogP contribution in [0.5, 0.6) is 0 Å². The summed E-state index contributed by atoms with van der Waals surface area (Å²) in [7, 11) is 0. The lowest BCUT2D eigenvalue weighted by molar-refractivity contribution is 0.0995. The SMILES string of the molecule is NC(=O)c1cncc(N2CCN(CC3CC3)CC2)n1. The van der Waals surface area contributed by atoms with Crippen LogP contribution in [0.4, 0.5) is 5.82 Å². The normalized spacial score (nSPS) is 20.5. The molecule has 1 amide bonds. The van der Waals surface area contributed by atoms with Crippen molar-refractivity contribution in [1.82, 2.24) is 14.9 Å². The maximum absolute atomic E-state index is 11.1. The van der Waals surface area contributed by atoms with E-state index in [1.54, 1.807) is 6.20 Å². The number of carbonyl (C=O) groups is 1. The van der Waals surface area contributed by atoms with E-state index in [0.717, 1.165) is 37.9 Å². The molecule has 0 radical (unpaired) electrons. The van der Waals surface area contributed by atoms with Gasteiger partial charge in [0.1, 0.15) is 11.5 Å². The summed E-state index contributed by atoms with van der Waals surface area (Å²) < 4.78 is 0. The lowest BCUT2D eigenvalue weighted by atomic mass is 10.3. The third kappa shape index (κ3) is 3.01. The van der Waals surface area contributed by atoms with Crippen LogP contribution in [0.15, 0.2) is 12.4 Å². The first kappa shape index (κ1) is 12.3. The van der Waals surface area contributed by atoms with E-state index in [-0.39, 0.29) is 5.69 Å². The molecule has 0 aromatic carbocycles. The van der Waals surface area contributed by atoms with Crippen molar-refractivity contribution in [2.45, 2.75) is 12.8 Å². The lowest BCUT2D eigenvalue weighted by Crippen LogP contribution is -2.47. The molecule has 1 saturated heterocycles. The largest absolute Gasteiger partial charge is 0.364 e. The van der Waals surface area contributed by atoms with Gasteiger partial charge >= 0.3 is 0 Å². The zero-order valence-corrected chi connectivity index (χ0v) is 11.0. The van der Waals surface area contributed by atoms with Gasteiger partial charge in [-0.2, -0.15) is 0 Å². The molecule has 2 aliphatic rings. The van der Waals surface area contributed by atoms with Crippen molar-refractivity contribution in [3.05, 3.63) is 18.1 Å². The fourth-order valence-corrected chi connectivity index (χ4v) is 2.45. The Kier molecular flexibility index (Phi) is 3.33. The van der Waals surface area contributed by atoms with Crippen LogP contribution in [-0.2, 0) is 0 Å². The van der Waals surface area contributed by atoms with Crippen molar-refractivity contribution in [2.75, 3.05) is 37.6 Å². The van der Waals surface area contributed by atoms with Crippen LogP contribution in [0.2, 0.25) is 0 Å². The molecule has 2 fully saturated rings. The van der Waals surface area contributed by atoms with Crippen molar-refractivity contribution in [3.8, 4) is 0 Å². The predicted molar refractivity (Wildman–Crippen MR) is 71.9 cm³/mol. The second kappa shape index (κ2) is 5.13. The average molecular weight is 261 g/mol. The molecule has 1 aliphatic carbocycles. The Morgan fingerprint density at radius 2 is 2.00 bits per heavy atom. The van der Waals surface area contributed by atoms with Gasteiger partial charge < -0.3 is 10.6 Å². The summed E-state index contributed by atoms with van der Waals surface area (Å²) in [5, 5.41) is 0. The molecule has 1 aromatic heterocycles. The van der Waals surface area contributed by atoms with E-state index in [1.807, 2.05) is 0 Å². The lowest BCUT2D eigenvalue weighted by Gasteiger charge is -2.35. The molecule has 2 N–H and O–H groups in total. The minimum Gasteiger partial charge on any atom is -0.364 e. The van der Waals surface area contributed by atoms with Crippen molar-refractivity contribution in [2.24, 2.45) is 11.7 Å². The minimum absolute atomic E-state index is 0.234. The first-order chi connectivity index (χ1) is 9.22. The number of carbonyl (C=O) groups excluding carboxylic acids is 1. The van der Waals surface area contributed by atoms with Crippen LogP contribution in [0.3, 0.4) is 0 Å². The van der Waals surface area contributed by atoms with Gasteiger partial charge in [0.2, 0.25) is 0 Å². The van der Waals surface area contributed by atoms with E-state index in [0.29, 0.717) is 0 Å². The van der Waals surface area contributed by atoms with Gasteiger partial charge in [-0.1, -0.05) is 0 Å². The summed E-state index contributed by atoms with van der Waals surface area (Å²) in [5.74, 6) is 1.16. The highest BCUT2D eigenvalue weighted by Gasteiger charge is 2.26. The molecule has 3 rings (SSSR count). The molecule has 1 saturated carbocycles. The van der Waals surface area contributed by atoms with Gasteiger partial charge in [-0.05, 0) is 18.8 Å². The smallest absolute Gasteiger partial charge is 0.268 e. The van der Waals surface area contributed by atoms with Crippen LogP contribution in [0.1, 0.15) is 23.3 Å². The highest BCUT2D eigenvalue weighted by molar-refractivity contribution is 5.90. The Labute approximate surface area is 112 Å². The summed E-state index contributed by atoms with van der Waals surface area (Å²) >= 11 is 0. The summed E-state index contributed by atoms with van der Waals surface area (Å²) in [4.78, 5) is 24.1. The van der Waals surface area contributed by atoms with Crippen LogP contribution in [0.25, 0.3) is 0 Å². The number of rotatable bonds is 4. The molecule has 6 nitrogen and oxygen atoms in total. The molecular weight excluding hydrogens is 242 g/mol. The molecule has 0 unspecified atom stereocenters. The van der Waals surface area contributed by atoms with E-state index >= 15 is 0 Å². The highest BCUT2D eigenvalue weighted by atomic mass is 16.1. The van der Waals surface area contributed by atoms with Crippen molar-refractivity contribution >= 4 is 11.7 Å². The molecule has 0 atom stereocenters. The second-order valence-electron chi connectivity index (χ2n) is 5.36. The van der Waals surface area contributed by atoms with E-state index < -0.39 is 5.91 Å². The molecule has 19 heavy (non-hydrogen) atoms. The highest BCUT2D eigenvalue weighted by Crippen LogP contribution is 2.30. The van der Waals surface area contributed by atoms with Gasteiger partial charge in [-0.3, -0.25) is 14.7 Å². The van der Waals surface area contributed by atoms with E-state index in [9.17, 15) is 4.79 Å². The zero-order chi connectivity index (χ0) is 13.2. The molecule has 6 heteroatoms. The monoisotopic (exact) mass is 261 g/mol. The third-order valence-corrected chi connectivity index (χ3v) is 3.78. The third-order valence-electron chi connectivity index (χ3n) is 3.78. The van der Waals surface area contributed by atoms with Gasteiger partial charge in [0.05, 0.1) is 12.4 Å². The number of amides is 1. The van der Waals surface area contributed by atoms with Crippen LogP contribution >= 0.6 is 0 Å². The molecule has 2 heterocycles. The van der Waals surface area contributed by atoms with E-state index in [4.69, 9.17) is 5.73 Å². The molecule has 0 bridgehead atoms. The number of hydrogen-bond acceptors (Lipinski definition) is 5. The molecule has 1 aromatic rings. The standard InChI is InChI=1S/C13H19N5O/c14-13(19)11-7-15-8-12(16-11)18-5-3-17(4-6-18)9-10-1-2-10/h7-8,10H,1-6,9H2,(H2,14,19). The van der Waals surface area contributed by atoms with Gasteiger partial charge in [-0.25, -0.2) is 4.98 Å². The van der Waals surface area contributed by atoms with Gasteiger partial charge in [0, 0.05) is 32.7 Å². The summed E-state index contributed by atoms with van der Waals surface area (Å²) in [6.45, 7) is 5.21. The maximum Gasteiger partial charge on any atom is 0.268 e. The minimum atomic E-state index is -0.526. The summed E-state index contributed by atoms with van der Waals surface area (Å²) in [5.41, 5.74) is 5.46. The number of nitrogens with two attached hydrogens (primary N) is 1. The molecule has 0 spiro atoms. The van der Waals surface area contributed by atoms with E-state index in [1.165, 1.54) is 25.6 Å². The Morgan fingerprint density at radius 3 is 2.63 bits per heavy atom. The van der Waals surface area contributed by atoms with Crippen LogP contribution < -0.4 is 10.6 Å². The van der Waals surface area contributed by atoms with E-state index in [2.05, 4.69) is 19.8 Å². The zero-order valence-electron chi connectivity index (χ0n) is 11.0. The molecule has 102 valence electrons. The van der Waals surface area contributed by atoms with Crippen LogP contribution in [0, 0.1) is 5.92 Å². The number of nitrogens with zero attached hydrogens (tertiary/aromatic N) is 4. The average Bonchev–Trinajstić information content (AvgIpc) is 3.24. The second-order valence-corrected chi connectivity index (χ2v) is 5.36. The fourth-order valence-electron chi connectivity index (χ4n) is 2.45. The van der Waals surface area contributed by atoms with Crippen molar-refractivity contribution < 1.29 is 4.79 Å². The topological polar surface area (TPSA) is 75.4 Å². The first-order valence-electron chi connectivity index (χ1n) is 6.81. The number of primary amides is 1. The Morgan fingerprint density at radius 1 is 1.26 bits per heavy atom. The number of anilines is 1. The Balaban J connectivity index is 1.60. The van der Waals surface area contributed by atoms with Crippen LogP contribution in [-0.4, -0.2) is 53.5 Å². The molecular formula is C13H19N5O. The van der Waals surface area contributed by atoms with Crippen molar-refractivity contribution in [3.63, 3.8) is 0 Å². The quantitative estimate of drug-likeness (QED) is 0.832. The Bertz CT molecular complexity index is 466. The van der Waals surface area contributed by atoms with Gasteiger partial charge in [-0.15, -0.1) is 0 Å².